The number of carboxylic acid groups (broad SMARTS) is 1. The molecule has 0 bridgehead atoms. The molecule has 2 rings (SSSR count). The highest BCUT2D eigenvalue weighted by atomic mass is 32.2. The number of carbonyl (C=O) groups is 1. The van der Waals surface area contributed by atoms with Gasteiger partial charge in [-0.25, -0.2) is 4.79 Å². The Hall–Kier alpha value is -0.920. The largest absolute Gasteiger partial charge is 0.477 e. The molecule has 2 aliphatic rings. The van der Waals surface area contributed by atoms with Crippen LogP contribution in [0.5, 0.6) is 0 Å². The Bertz CT molecular complexity index is 544. The second-order valence-electron chi connectivity index (χ2n) is 7.54. The first kappa shape index (κ1) is 20.4. The fraction of sp³-hybridized carbons (Fsp3) is 0.889. The molecule has 7 heteroatoms. The van der Waals surface area contributed by atoms with Crippen LogP contribution in [-0.4, -0.2) is 49.8 Å². The van der Waals surface area contributed by atoms with Crippen molar-refractivity contribution >= 4 is 21.1 Å². The third-order valence-corrected chi connectivity index (χ3v) is 6.22. The molecule has 0 aliphatic carbocycles. The summed E-state index contributed by atoms with van der Waals surface area (Å²) >= 11 is 0. The van der Waals surface area contributed by atoms with Crippen LogP contribution in [0.1, 0.15) is 71.1 Å². The Labute approximate surface area is 151 Å². The van der Waals surface area contributed by atoms with E-state index >= 15 is 0 Å². The zero-order valence-corrected chi connectivity index (χ0v) is 15.9. The molecule has 144 valence electrons. The van der Waals surface area contributed by atoms with Crippen molar-refractivity contribution in [1.29, 1.82) is 0 Å². The predicted octanol–water partition coefficient (Wildman–Crippen LogP) is 2.83. The van der Waals surface area contributed by atoms with Gasteiger partial charge in [0.1, 0.15) is 0 Å². The molecule has 0 saturated carbocycles. The molecule has 2 fully saturated rings. The molecule has 0 radical (unpaired) electrons. The first-order valence-electron chi connectivity index (χ1n) is 9.35. The predicted molar refractivity (Wildman–Crippen MR) is 95.3 cm³/mol. The SMILES string of the molecule is CC(CCCCCC1CO1)(CCCCCC1CO1)C(C(=O)O)=S(=O)=O. The Kier molecular flexibility index (Phi) is 7.90. The lowest BCUT2D eigenvalue weighted by Gasteiger charge is -2.28. The summed E-state index contributed by atoms with van der Waals surface area (Å²) in [5.74, 6) is -1.31. The van der Waals surface area contributed by atoms with Gasteiger partial charge in [-0.3, -0.25) is 0 Å². The van der Waals surface area contributed by atoms with E-state index < -0.39 is 21.7 Å². The van der Waals surface area contributed by atoms with E-state index in [1.165, 1.54) is 0 Å². The summed E-state index contributed by atoms with van der Waals surface area (Å²) in [5, 5.41) is 9.38. The highest BCUT2D eigenvalue weighted by molar-refractivity contribution is 7.74. The van der Waals surface area contributed by atoms with Gasteiger partial charge in [-0.05, 0) is 25.7 Å². The van der Waals surface area contributed by atoms with Crippen molar-refractivity contribution in [2.24, 2.45) is 5.41 Å². The summed E-state index contributed by atoms with van der Waals surface area (Å²) in [4.78, 5) is 11.1. The van der Waals surface area contributed by atoms with Crippen molar-refractivity contribution in [2.75, 3.05) is 13.2 Å². The van der Waals surface area contributed by atoms with E-state index in [1.807, 2.05) is 0 Å². The van der Waals surface area contributed by atoms with E-state index in [0.717, 1.165) is 64.6 Å². The van der Waals surface area contributed by atoms with Gasteiger partial charge in [0, 0.05) is 5.41 Å². The van der Waals surface area contributed by atoms with Crippen LogP contribution >= 0.6 is 0 Å². The smallest absolute Gasteiger partial charge is 0.347 e. The van der Waals surface area contributed by atoms with Crippen molar-refractivity contribution in [3.63, 3.8) is 0 Å². The van der Waals surface area contributed by atoms with Crippen LogP contribution < -0.4 is 0 Å². The third kappa shape index (κ3) is 7.46. The lowest BCUT2D eigenvalue weighted by Crippen LogP contribution is -2.35. The van der Waals surface area contributed by atoms with E-state index in [0.29, 0.717) is 25.0 Å². The van der Waals surface area contributed by atoms with Gasteiger partial charge in [-0.15, -0.1) is 0 Å². The second-order valence-corrected chi connectivity index (χ2v) is 8.42. The monoisotopic (exact) mass is 374 g/mol. The average molecular weight is 374 g/mol. The Morgan fingerprint density at radius 1 is 0.960 bits per heavy atom. The number of rotatable bonds is 14. The molecule has 25 heavy (non-hydrogen) atoms. The summed E-state index contributed by atoms with van der Waals surface area (Å²) in [6.45, 7) is 3.51. The number of epoxide rings is 2. The van der Waals surface area contributed by atoms with Gasteiger partial charge < -0.3 is 14.6 Å². The summed E-state index contributed by atoms with van der Waals surface area (Å²) in [6.07, 6.45) is 9.84. The Balaban J connectivity index is 1.83. The van der Waals surface area contributed by atoms with E-state index in [-0.39, 0.29) is 4.86 Å². The molecule has 0 spiro atoms. The first-order chi connectivity index (χ1) is 11.9. The van der Waals surface area contributed by atoms with Crippen LogP contribution in [0.4, 0.5) is 0 Å². The van der Waals surface area contributed by atoms with Crippen molar-refractivity contribution in [1.82, 2.24) is 0 Å². The zero-order chi connectivity index (χ0) is 18.3. The van der Waals surface area contributed by atoms with Crippen LogP contribution in [-0.2, 0) is 24.6 Å². The Morgan fingerprint density at radius 3 is 1.72 bits per heavy atom. The quantitative estimate of drug-likeness (QED) is 0.285. The maximum Gasteiger partial charge on any atom is 0.347 e. The van der Waals surface area contributed by atoms with E-state index in [2.05, 4.69) is 0 Å². The normalized spacial score (nSPS) is 23.7. The number of hydrogen-bond donors (Lipinski definition) is 1. The van der Waals surface area contributed by atoms with E-state index in [4.69, 9.17) is 9.47 Å². The third-order valence-electron chi connectivity index (χ3n) is 5.22. The maximum atomic E-state index is 11.5. The van der Waals surface area contributed by atoms with Gasteiger partial charge in [0.25, 0.3) is 0 Å². The van der Waals surface area contributed by atoms with Crippen molar-refractivity contribution in [2.45, 2.75) is 83.3 Å². The number of unbranched alkanes of at least 4 members (excludes halogenated alkanes) is 4. The highest BCUT2D eigenvalue weighted by Gasteiger charge is 2.36. The van der Waals surface area contributed by atoms with Gasteiger partial charge in [0.15, 0.2) is 4.86 Å². The summed E-state index contributed by atoms with van der Waals surface area (Å²) in [5.41, 5.74) is -0.787. The molecule has 0 aromatic heterocycles. The zero-order valence-electron chi connectivity index (χ0n) is 15.0. The number of ether oxygens (including phenoxy) is 2. The second kappa shape index (κ2) is 9.69. The van der Waals surface area contributed by atoms with Crippen LogP contribution in [0.3, 0.4) is 0 Å². The fourth-order valence-corrected chi connectivity index (χ4v) is 4.23. The summed E-state index contributed by atoms with van der Waals surface area (Å²) in [7, 11) is -2.68. The maximum absolute atomic E-state index is 11.5. The first-order valence-corrected chi connectivity index (χ1v) is 10.4. The van der Waals surface area contributed by atoms with Gasteiger partial charge >= 0.3 is 5.97 Å². The van der Waals surface area contributed by atoms with E-state index in [1.54, 1.807) is 6.92 Å². The standard InChI is InChI=1S/C18H30O6S/c1-18(16(17(19)20)25(21)22,10-6-2-4-8-14-12-23-14)11-7-3-5-9-15-13-24-15/h14-15H,2-13H2,1H3,(H,19,20). The average Bonchev–Trinajstić information content (AvgIpc) is 3.41. The summed E-state index contributed by atoms with van der Waals surface area (Å²) < 4.78 is 33.4. The molecular formula is C18H30O6S. The number of carboxylic acids is 1. The molecule has 2 atom stereocenters. The molecule has 2 aliphatic heterocycles. The molecule has 2 unspecified atom stereocenters. The van der Waals surface area contributed by atoms with Crippen LogP contribution in [0, 0.1) is 5.41 Å². The molecule has 6 nitrogen and oxygen atoms in total. The minimum absolute atomic E-state index is 0.358. The van der Waals surface area contributed by atoms with Gasteiger partial charge in [-0.2, -0.15) is 8.42 Å². The lowest BCUT2D eigenvalue weighted by molar-refractivity contribution is -0.129. The lowest BCUT2D eigenvalue weighted by atomic mass is 9.77. The van der Waals surface area contributed by atoms with Crippen LogP contribution in [0.15, 0.2) is 0 Å². The molecule has 0 amide bonds. The minimum atomic E-state index is -2.68. The van der Waals surface area contributed by atoms with E-state index in [9.17, 15) is 18.3 Å². The molecule has 0 aromatic rings. The van der Waals surface area contributed by atoms with Crippen molar-refractivity contribution in [3.05, 3.63) is 0 Å². The van der Waals surface area contributed by atoms with Gasteiger partial charge in [0.05, 0.1) is 25.4 Å². The minimum Gasteiger partial charge on any atom is -0.477 e. The molecule has 2 saturated heterocycles. The van der Waals surface area contributed by atoms with Crippen LogP contribution in [0.2, 0.25) is 0 Å². The molecule has 2 heterocycles. The molecule has 1 N–H and O–H groups in total. The number of hydrogen-bond acceptors (Lipinski definition) is 5. The number of aliphatic carboxylic acids is 1. The molecular weight excluding hydrogens is 344 g/mol. The van der Waals surface area contributed by atoms with Crippen molar-refractivity contribution in [3.8, 4) is 0 Å². The highest BCUT2D eigenvalue weighted by Crippen LogP contribution is 2.33. The van der Waals surface area contributed by atoms with Gasteiger partial charge in [0.2, 0.25) is 10.3 Å². The fourth-order valence-electron chi connectivity index (χ4n) is 3.48. The topological polar surface area (TPSA) is 96.5 Å². The van der Waals surface area contributed by atoms with Gasteiger partial charge in [-0.1, -0.05) is 45.4 Å². The summed E-state index contributed by atoms with van der Waals surface area (Å²) in [6, 6.07) is 0. The van der Waals surface area contributed by atoms with Crippen LogP contribution in [0.25, 0.3) is 0 Å². The molecule has 0 aromatic carbocycles. The Morgan fingerprint density at radius 2 is 1.40 bits per heavy atom. The van der Waals surface area contributed by atoms with Crippen molar-refractivity contribution < 1.29 is 27.8 Å².